The summed E-state index contributed by atoms with van der Waals surface area (Å²) in [6, 6.07) is 13.7. The fourth-order valence-corrected chi connectivity index (χ4v) is 4.87. The smallest absolute Gasteiger partial charge is 0.150 e. The maximum absolute atomic E-state index is 4.87. The number of hydrogen-bond donors (Lipinski definition) is 1. The molecule has 2 aliphatic heterocycles. The van der Waals surface area contributed by atoms with E-state index in [-0.39, 0.29) is 0 Å². The Morgan fingerprint density at radius 2 is 2.03 bits per heavy atom. The molecular formula is C25H30N6. The van der Waals surface area contributed by atoms with Crippen molar-refractivity contribution in [2.75, 3.05) is 23.3 Å². The molecule has 0 spiro atoms. The number of likely N-dealkylation sites (tertiary alicyclic amines) is 1. The quantitative estimate of drug-likeness (QED) is 0.630. The Balaban J connectivity index is 1.31. The zero-order valence-corrected chi connectivity index (χ0v) is 18.3. The van der Waals surface area contributed by atoms with Gasteiger partial charge in [-0.2, -0.15) is 0 Å². The third kappa shape index (κ3) is 4.26. The molecule has 6 nitrogen and oxygen atoms in total. The first-order chi connectivity index (χ1) is 15.2. The van der Waals surface area contributed by atoms with Crippen LogP contribution >= 0.6 is 0 Å². The third-order valence-electron chi connectivity index (χ3n) is 6.36. The molecule has 6 heteroatoms. The minimum Gasteiger partial charge on any atom is -0.369 e. The van der Waals surface area contributed by atoms with Crippen LogP contribution < -0.4 is 10.2 Å². The molecule has 1 aromatic carbocycles. The molecule has 1 saturated heterocycles. The van der Waals surface area contributed by atoms with Gasteiger partial charge < -0.3 is 10.2 Å². The molecule has 2 aliphatic rings. The predicted octanol–water partition coefficient (Wildman–Crippen LogP) is 4.72. The second-order valence-corrected chi connectivity index (χ2v) is 8.80. The van der Waals surface area contributed by atoms with Crippen LogP contribution in [0.3, 0.4) is 0 Å². The molecule has 3 aromatic rings. The highest BCUT2D eigenvalue weighted by molar-refractivity contribution is 5.59. The second-order valence-electron chi connectivity index (χ2n) is 8.80. The van der Waals surface area contributed by atoms with Crippen LogP contribution in [0.2, 0.25) is 0 Å². The van der Waals surface area contributed by atoms with Gasteiger partial charge in [0.2, 0.25) is 0 Å². The highest BCUT2D eigenvalue weighted by atomic mass is 15.2. The fraction of sp³-hybridized carbons (Fsp3) is 0.400. The van der Waals surface area contributed by atoms with Crippen molar-refractivity contribution in [3.05, 3.63) is 71.8 Å². The van der Waals surface area contributed by atoms with Crippen molar-refractivity contribution in [2.45, 2.75) is 51.7 Å². The summed E-state index contributed by atoms with van der Waals surface area (Å²) in [6.07, 6.45) is 8.91. The standard InChI is InChI=1S/C25H30N6/c1-18(2)31-13-10-20-14-19(8-9-22(20)31)17-30-12-5-6-23(30)21-15-26-16-25(28-21)29-24-7-3-4-11-27-24/h3-4,7-9,11,14-16,18,23H,5-6,10,12-13,17H2,1-2H3,(H,27,28,29). The molecule has 0 radical (unpaired) electrons. The summed E-state index contributed by atoms with van der Waals surface area (Å²) in [5.74, 6) is 1.53. The molecule has 4 heterocycles. The molecule has 31 heavy (non-hydrogen) atoms. The van der Waals surface area contributed by atoms with Crippen molar-refractivity contribution in [2.24, 2.45) is 0 Å². The molecule has 1 unspecified atom stereocenters. The average molecular weight is 415 g/mol. The van der Waals surface area contributed by atoms with E-state index >= 15 is 0 Å². The van der Waals surface area contributed by atoms with Gasteiger partial charge in [-0.1, -0.05) is 18.2 Å². The number of nitrogens with zero attached hydrogens (tertiary/aromatic N) is 5. The van der Waals surface area contributed by atoms with E-state index < -0.39 is 0 Å². The van der Waals surface area contributed by atoms with Crippen molar-refractivity contribution in [3.63, 3.8) is 0 Å². The first-order valence-electron chi connectivity index (χ1n) is 11.3. The third-order valence-corrected chi connectivity index (χ3v) is 6.36. The molecule has 2 aromatic heterocycles. The predicted molar refractivity (Wildman–Crippen MR) is 125 cm³/mol. The summed E-state index contributed by atoms with van der Waals surface area (Å²) in [5.41, 5.74) is 5.33. The summed E-state index contributed by atoms with van der Waals surface area (Å²) >= 11 is 0. The maximum Gasteiger partial charge on any atom is 0.150 e. The number of hydrogen-bond acceptors (Lipinski definition) is 6. The lowest BCUT2D eigenvalue weighted by molar-refractivity contribution is 0.244. The van der Waals surface area contributed by atoms with Crippen LogP contribution in [0.4, 0.5) is 17.3 Å². The number of anilines is 3. The van der Waals surface area contributed by atoms with E-state index in [1.807, 2.05) is 24.4 Å². The number of nitrogens with one attached hydrogen (secondary N) is 1. The first-order valence-corrected chi connectivity index (χ1v) is 11.3. The van der Waals surface area contributed by atoms with Gasteiger partial charge in [0.15, 0.2) is 0 Å². The van der Waals surface area contributed by atoms with Gasteiger partial charge in [-0.3, -0.25) is 9.88 Å². The Kier molecular flexibility index (Phi) is 5.55. The Morgan fingerprint density at radius 1 is 1.10 bits per heavy atom. The number of fused-ring (bicyclic) bond motifs is 1. The summed E-state index contributed by atoms with van der Waals surface area (Å²) in [5, 5.41) is 3.27. The lowest BCUT2D eigenvalue weighted by Crippen LogP contribution is -2.28. The van der Waals surface area contributed by atoms with E-state index in [9.17, 15) is 0 Å². The highest BCUT2D eigenvalue weighted by Gasteiger charge is 2.28. The fourth-order valence-electron chi connectivity index (χ4n) is 4.87. The van der Waals surface area contributed by atoms with Gasteiger partial charge in [-0.15, -0.1) is 0 Å². The van der Waals surface area contributed by atoms with Crippen LogP contribution in [0.1, 0.15) is 49.6 Å². The molecule has 5 rings (SSSR count). The highest BCUT2D eigenvalue weighted by Crippen LogP contribution is 2.35. The lowest BCUT2D eigenvalue weighted by Gasteiger charge is -2.26. The number of aromatic nitrogens is 3. The molecule has 1 fully saturated rings. The summed E-state index contributed by atoms with van der Waals surface area (Å²) in [4.78, 5) is 18.7. The second kappa shape index (κ2) is 8.63. The van der Waals surface area contributed by atoms with Gasteiger partial charge in [0, 0.05) is 31.0 Å². The Hall–Kier alpha value is -2.99. The minimum absolute atomic E-state index is 0.304. The van der Waals surface area contributed by atoms with Gasteiger partial charge in [-0.05, 0) is 69.0 Å². The molecule has 0 aliphatic carbocycles. The van der Waals surface area contributed by atoms with Crippen molar-refractivity contribution in [3.8, 4) is 0 Å². The van der Waals surface area contributed by atoms with Gasteiger partial charge in [0.05, 0.1) is 24.1 Å². The van der Waals surface area contributed by atoms with Gasteiger partial charge >= 0.3 is 0 Å². The topological polar surface area (TPSA) is 57.2 Å². The molecular weight excluding hydrogens is 384 g/mol. The molecule has 1 atom stereocenters. The molecule has 0 bridgehead atoms. The first kappa shape index (κ1) is 19.9. The number of benzene rings is 1. The van der Waals surface area contributed by atoms with Crippen LogP contribution in [0.5, 0.6) is 0 Å². The van der Waals surface area contributed by atoms with Crippen LogP contribution in [0.25, 0.3) is 0 Å². The number of pyridine rings is 1. The normalized spacial score (nSPS) is 18.5. The van der Waals surface area contributed by atoms with E-state index in [2.05, 4.69) is 57.1 Å². The Bertz CT molecular complexity index is 1040. The SMILES string of the molecule is CC(C)N1CCc2cc(CN3CCCC3c3cncc(Nc4ccccn4)n3)ccc21. The molecule has 1 N–H and O–H groups in total. The van der Waals surface area contributed by atoms with Crippen LogP contribution in [-0.4, -0.2) is 39.0 Å². The molecule has 0 saturated carbocycles. The van der Waals surface area contributed by atoms with E-state index in [1.165, 1.54) is 23.2 Å². The lowest BCUT2D eigenvalue weighted by atomic mass is 10.1. The van der Waals surface area contributed by atoms with Gasteiger partial charge in [0.1, 0.15) is 11.6 Å². The Labute approximate surface area is 184 Å². The summed E-state index contributed by atoms with van der Waals surface area (Å²) in [6.45, 7) is 7.73. The van der Waals surface area contributed by atoms with Crippen molar-refractivity contribution in [1.82, 2.24) is 19.9 Å². The van der Waals surface area contributed by atoms with E-state index in [1.54, 1.807) is 12.4 Å². The van der Waals surface area contributed by atoms with Crippen LogP contribution in [0.15, 0.2) is 55.0 Å². The van der Waals surface area contributed by atoms with Crippen molar-refractivity contribution >= 4 is 17.3 Å². The van der Waals surface area contributed by atoms with E-state index in [4.69, 9.17) is 4.98 Å². The summed E-state index contributed by atoms with van der Waals surface area (Å²) < 4.78 is 0. The van der Waals surface area contributed by atoms with Crippen molar-refractivity contribution in [1.29, 1.82) is 0 Å². The largest absolute Gasteiger partial charge is 0.369 e. The summed E-state index contributed by atoms with van der Waals surface area (Å²) in [7, 11) is 0. The minimum atomic E-state index is 0.304. The van der Waals surface area contributed by atoms with Gasteiger partial charge in [-0.25, -0.2) is 9.97 Å². The zero-order valence-electron chi connectivity index (χ0n) is 18.3. The number of rotatable bonds is 6. The van der Waals surface area contributed by atoms with Crippen LogP contribution in [0, 0.1) is 0 Å². The molecule has 0 amide bonds. The maximum atomic E-state index is 4.87. The average Bonchev–Trinajstić information content (AvgIpc) is 3.41. The molecule has 160 valence electrons. The van der Waals surface area contributed by atoms with Crippen LogP contribution in [-0.2, 0) is 13.0 Å². The van der Waals surface area contributed by atoms with E-state index in [0.29, 0.717) is 12.1 Å². The monoisotopic (exact) mass is 414 g/mol. The zero-order chi connectivity index (χ0) is 21.2. The van der Waals surface area contributed by atoms with E-state index in [0.717, 1.165) is 49.8 Å². The van der Waals surface area contributed by atoms with Crippen molar-refractivity contribution < 1.29 is 0 Å². The van der Waals surface area contributed by atoms with Gasteiger partial charge in [0.25, 0.3) is 0 Å². The Morgan fingerprint density at radius 3 is 2.87 bits per heavy atom.